The molecule has 0 bridgehead atoms. The molecule has 58 heavy (non-hydrogen) atoms. The Morgan fingerprint density at radius 2 is 1.45 bits per heavy atom. The Morgan fingerprint density at radius 3 is 2.17 bits per heavy atom. The molecule has 3 N–H and O–H groups in total. The monoisotopic (exact) mass is 776 g/mol. The van der Waals surface area contributed by atoms with Crippen LogP contribution in [0.3, 0.4) is 0 Å². The van der Waals surface area contributed by atoms with E-state index in [0.717, 1.165) is 77.8 Å². The van der Waals surface area contributed by atoms with Crippen LogP contribution in [0.5, 0.6) is 11.5 Å². The third-order valence-electron chi connectivity index (χ3n) is 10.8. The Labute approximate surface area is 339 Å². The average molecular weight is 777 g/mol. The molecule has 4 atom stereocenters. The highest BCUT2D eigenvalue weighted by Gasteiger charge is 2.39. The highest BCUT2D eigenvalue weighted by Crippen LogP contribution is 2.42. The van der Waals surface area contributed by atoms with E-state index in [1.807, 2.05) is 84.9 Å². The Morgan fingerprint density at radius 1 is 0.741 bits per heavy atom. The number of para-hydroxylation sites is 1. The Bertz CT molecular complexity index is 2220. The van der Waals surface area contributed by atoms with Crippen molar-refractivity contribution in [2.45, 2.75) is 38.6 Å². The third-order valence-corrected chi connectivity index (χ3v) is 10.8. The maximum absolute atomic E-state index is 12.8. The van der Waals surface area contributed by atoms with E-state index in [9.17, 15) is 9.90 Å². The van der Waals surface area contributed by atoms with E-state index in [4.69, 9.17) is 14.2 Å². The van der Waals surface area contributed by atoms with Crippen molar-refractivity contribution in [2.24, 2.45) is 5.92 Å². The van der Waals surface area contributed by atoms with Gasteiger partial charge < -0.3 is 34.9 Å². The third kappa shape index (κ3) is 9.70. The van der Waals surface area contributed by atoms with Gasteiger partial charge in [0.1, 0.15) is 11.5 Å². The number of nitrogens with one attached hydrogen (secondary N) is 2. The number of carbonyl (C=O) groups excluding carboxylic acids is 1. The molecule has 0 spiro atoms. The van der Waals surface area contributed by atoms with Crippen molar-refractivity contribution < 1.29 is 24.1 Å². The van der Waals surface area contributed by atoms with Crippen LogP contribution in [0, 0.1) is 5.92 Å². The molecule has 0 saturated carbocycles. The van der Waals surface area contributed by atoms with Gasteiger partial charge in [0.25, 0.3) is 0 Å². The number of urea groups is 1. The lowest BCUT2D eigenvalue weighted by Crippen LogP contribution is -2.51. The quantitative estimate of drug-likeness (QED) is 0.113. The van der Waals surface area contributed by atoms with Gasteiger partial charge in [-0.05, 0) is 76.3 Å². The van der Waals surface area contributed by atoms with Crippen molar-refractivity contribution in [3.05, 3.63) is 168 Å². The number of aromatic nitrogens is 2. The van der Waals surface area contributed by atoms with Crippen molar-refractivity contribution in [1.82, 2.24) is 20.2 Å². The molecule has 0 aliphatic carbocycles. The molecule has 1 aromatic heterocycles. The number of aliphatic hydroxyl groups excluding tert-OH is 1. The summed E-state index contributed by atoms with van der Waals surface area (Å²) in [4.78, 5) is 26.3. The zero-order valence-electron chi connectivity index (χ0n) is 32.5. The topological polar surface area (TPSA) is 121 Å². The first-order valence-corrected chi connectivity index (χ1v) is 19.8. The lowest BCUT2D eigenvalue weighted by molar-refractivity contribution is -0.276. The summed E-state index contributed by atoms with van der Waals surface area (Å²) >= 11 is 0. The molecule has 296 valence electrons. The van der Waals surface area contributed by atoms with E-state index in [2.05, 4.69) is 85.9 Å². The number of benzene rings is 5. The number of hydrogen-bond donors (Lipinski definition) is 3. The van der Waals surface area contributed by atoms with Gasteiger partial charge >= 0.3 is 6.03 Å². The van der Waals surface area contributed by atoms with E-state index >= 15 is 0 Å². The summed E-state index contributed by atoms with van der Waals surface area (Å²) in [5.41, 5.74) is 6.61. The molecule has 5 aromatic carbocycles. The average Bonchev–Trinajstić information content (AvgIpc) is 3.28. The summed E-state index contributed by atoms with van der Waals surface area (Å²) in [7, 11) is 0. The highest BCUT2D eigenvalue weighted by atomic mass is 16.7. The maximum Gasteiger partial charge on any atom is 0.319 e. The second-order valence-corrected chi connectivity index (χ2v) is 14.7. The summed E-state index contributed by atoms with van der Waals surface area (Å²) in [6.45, 7) is 6.83. The van der Waals surface area contributed by atoms with E-state index < -0.39 is 6.29 Å². The normalized spacial score (nSPS) is 19.7. The SMILES string of the molecule is CC1C(CN2CCN(c3ncccn3)CC2)OC(c2ccc(-c3cccc(CNC(=O)Nc4ccc(Oc5ccccc5)cc4)c3)cc2)OC1c1ccc(CO)cc1. The zero-order valence-corrected chi connectivity index (χ0v) is 32.5. The summed E-state index contributed by atoms with van der Waals surface area (Å²) < 4.78 is 19.4. The minimum absolute atomic E-state index is 0.00156. The van der Waals surface area contributed by atoms with Gasteiger partial charge in [-0.1, -0.05) is 91.9 Å². The molecule has 8 rings (SSSR count). The minimum Gasteiger partial charge on any atom is -0.457 e. The van der Waals surface area contributed by atoms with Crippen LogP contribution < -0.4 is 20.3 Å². The smallest absolute Gasteiger partial charge is 0.319 e. The largest absolute Gasteiger partial charge is 0.457 e. The van der Waals surface area contributed by atoms with Crippen molar-refractivity contribution in [1.29, 1.82) is 0 Å². The molecule has 0 radical (unpaired) electrons. The number of nitrogens with zero attached hydrogens (tertiary/aromatic N) is 4. The fourth-order valence-corrected chi connectivity index (χ4v) is 7.45. The molecular formula is C47H48N6O5. The molecule has 2 saturated heterocycles. The van der Waals surface area contributed by atoms with Crippen LogP contribution in [0.4, 0.5) is 16.4 Å². The molecule has 2 amide bonds. The van der Waals surface area contributed by atoms with E-state index in [1.54, 1.807) is 12.4 Å². The second kappa shape index (κ2) is 18.4. The van der Waals surface area contributed by atoms with E-state index in [-0.39, 0.29) is 30.8 Å². The molecule has 11 nitrogen and oxygen atoms in total. The van der Waals surface area contributed by atoms with Crippen LogP contribution in [-0.2, 0) is 22.6 Å². The van der Waals surface area contributed by atoms with Crippen molar-refractivity contribution in [3.8, 4) is 22.6 Å². The number of hydrogen-bond acceptors (Lipinski definition) is 9. The van der Waals surface area contributed by atoms with Crippen LogP contribution in [0.1, 0.15) is 41.6 Å². The van der Waals surface area contributed by atoms with Gasteiger partial charge in [0.2, 0.25) is 5.95 Å². The standard InChI is InChI=1S/C47H48N6O5/c1-33-43(31-52-25-27-53(28-26-52)46-48-23-6-24-49-46)57-45(58-44(33)37-13-11-34(32-54)12-14-37)38-17-15-36(16-18-38)39-8-5-7-35(29-39)30-50-47(55)51-40-19-21-42(22-20-40)56-41-9-3-2-4-10-41/h2-24,29,33,43-45,54H,25-28,30-32H2,1H3,(H2,50,51,55). The van der Waals surface area contributed by atoms with Gasteiger partial charge in [-0.3, -0.25) is 4.90 Å². The summed E-state index contributed by atoms with van der Waals surface area (Å²) in [5, 5.41) is 15.5. The highest BCUT2D eigenvalue weighted by molar-refractivity contribution is 5.89. The molecule has 11 heteroatoms. The van der Waals surface area contributed by atoms with Gasteiger partial charge in [-0.2, -0.15) is 0 Å². The lowest BCUT2D eigenvalue weighted by Gasteiger charge is -2.44. The minimum atomic E-state index is -0.557. The van der Waals surface area contributed by atoms with E-state index in [0.29, 0.717) is 18.0 Å². The van der Waals surface area contributed by atoms with Crippen LogP contribution in [0.2, 0.25) is 0 Å². The van der Waals surface area contributed by atoms with Gasteiger partial charge in [0.05, 0.1) is 18.8 Å². The molecule has 3 heterocycles. The fraction of sp³-hybridized carbons (Fsp3) is 0.255. The number of piperazine rings is 1. The second-order valence-electron chi connectivity index (χ2n) is 14.7. The van der Waals surface area contributed by atoms with Crippen molar-refractivity contribution in [2.75, 3.05) is 42.9 Å². The zero-order chi connectivity index (χ0) is 39.7. The molecule has 6 aromatic rings. The van der Waals surface area contributed by atoms with Gasteiger partial charge in [-0.15, -0.1) is 0 Å². The molecule has 2 aliphatic heterocycles. The lowest BCUT2D eigenvalue weighted by atomic mass is 9.89. The first-order valence-electron chi connectivity index (χ1n) is 19.8. The van der Waals surface area contributed by atoms with Crippen molar-refractivity contribution in [3.63, 3.8) is 0 Å². The van der Waals surface area contributed by atoms with Crippen LogP contribution in [0.15, 0.2) is 146 Å². The number of rotatable bonds is 12. The van der Waals surface area contributed by atoms with Gasteiger partial charge in [0, 0.05) is 68.8 Å². The number of amides is 2. The van der Waals surface area contributed by atoms with Gasteiger partial charge in [0.15, 0.2) is 6.29 Å². The predicted octanol–water partition coefficient (Wildman–Crippen LogP) is 8.36. The number of ether oxygens (including phenoxy) is 3. The predicted molar refractivity (Wildman–Crippen MR) is 224 cm³/mol. The summed E-state index contributed by atoms with van der Waals surface area (Å²) in [6.07, 6.45) is 2.75. The summed E-state index contributed by atoms with van der Waals surface area (Å²) in [5.74, 6) is 2.30. The summed E-state index contributed by atoms with van der Waals surface area (Å²) in [6, 6.07) is 42.9. The number of anilines is 2. The Balaban J connectivity index is 0.899. The molecule has 2 aliphatic rings. The molecule has 2 fully saturated rings. The molecular weight excluding hydrogens is 729 g/mol. The number of aliphatic hydroxyl groups is 1. The Hall–Kier alpha value is -6.11. The maximum atomic E-state index is 12.8. The first-order chi connectivity index (χ1) is 28.5. The molecule has 4 unspecified atom stereocenters. The van der Waals surface area contributed by atoms with E-state index in [1.165, 1.54) is 0 Å². The first kappa shape index (κ1) is 38.7. The fourth-order valence-electron chi connectivity index (χ4n) is 7.45. The van der Waals surface area contributed by atoms with Crippen LogP contribution >= 0.6 is 0 Å². The van der Waals surface area contributed by atoms with Gasteiger partial charge in [-0.25, -0.2) is 14.8 Å². The van der Waals surface area contributed by atoms with Crippen LogP contribution in [-0.4, -0.2) is 64.8 Å². The van der Waals surface area contributed by atoms with Crippen LogP contribution in [0.25, 0.3) is 11.1 Å². The number of carbonyl (C=O) groups is 1. The van der Waals surface area contributed by atoms with Crippen molar-refractivity contribution >= 4 is 17.7 Å². The Kier molecular flexibility index (Phi) is 12.3.